The van der Waals surface area contributed by atoms with Gasteiger partial charge < -0.3 is 10.5 Å². The smallest absolute Gasteiger partial charge is 0.155 e. The number of hydrogen-bond donors (Lipinski definition) is 1. The fraction of sp³-hybridized carbons (Fsp3) is 0.167. The van der Waals surface area contributed by atoms with Crippen LogP contribution in [0.1, 0.15) is 0 Å². The number of nitrogens with zero attached hydrogens (tertiary/aromatic N) is 2. The minimum absolute atomic E-state index is 0.216. The lowest BCUT2D eigenvalue weighted by Crippen LogP contribution is -2.29. The zero-order valence-corrected chi connectivity index (χ0v) is 12.6. The van der Waals surface area contributed by atoms with Crippen LogP contribution < -0.4 is 10.5 Å². The van der Waals surface area contributed by atoms with Crippen molar-refractivity contribution < 1.29 is 4.74 Å². The van der Waals surface area contributed by atoms with Gasteiger partial charge in [-0.25, -0.2) is 4.99 Å². The van der Waals surface area contributed by atoms with Crippen LogP contribution in [0.4, 0.5) is 11.4 Å². The molecule has 0 radical (unpaired) electrons. The van der Waals surface area contributed by atoms with E-state index < -0.39 is 0 Å². The summed E-state index contributed by atoms with van der Waals surface area (Å²) in [6.45, 7) is 0. The molecule has 0 spiro atoms. The summed E-state index contributed by atoms with van der Waals surface area (Å²) in [6, 6.07) is 10.1. The summed E-state index contributed by atoms with van der Waals surface area (Å²) in [7, 11) is 4.08. The largest absolute Gasteiger partial charge is 0.453 e. The van der Waals surface area contributed by atoms with E-state index in [0.717, 1.165) is 33.7 Å². The molecular weight excluding hydrogens is 274 g/mol. The summed E-state index contributed by atoms with van der Waals surface area (Å²) in [5.74, 6) is 1.52. The Morgan fingerprint density at radius 2 is 1.95 bits per heavy atom. The molecule has 2 aliphatic rings. The minimum Gasteiger partial charge on any atom is -0.453 e. The zero-order chi connectivity index (χ0) is 15.3. The van der Waals surface area contributed by atoms with E-state index in [9.17, 15) is 0 Å². The van der Waals surface area contributed by atoms with Gasteiger partial charge in [0.2, 0.25) is 0 Å². The number of nitrogens with two attached hydrogens (primary N) is 1. The summed E-state index contributed by atoms with van der Waals surface area (Å²) < 4.78 is 6.08. The number of allylic oxidation sites excluding steroid dienone is 1. The van der Waals surface area contributed by atoms with Crippen molar-refractivity contribution in [2.45, 2.75) is 6.04 Å². The molecule has 110 valence electrons. The highest BCUT2D eigenvalue weighted by Gasteiger charge is 2.24. The van der Waals surface area contributed by atoms with Crippen LogP contribution in [0.5, 0.6) is 5.75 Å². The van der Waals surface area contributed by atoms with Crippen molar-refractivity contribution in [1.82, 2.24) is 4.90 Å². The molecule has 0 bridgehead atoms. The molecule has 1 atom stereocenters. The Labute approximate surface area is 129 Å². The standard InChI is InChI=1S/C18H17N3O/c1-21(2)11-7-8-15-16(9-11)22-17-10-14(19)12-5-3-4-6-13(12)18(17)20-15/h3-11H,19H2,1-2H3. The number of benzene rings is 2. The van der Waals surface area contributed by atoms with Crippen molar-refractivity contribution in [3.8, 4) is 5.75 Å². The Balaban J connectivity index is 1.91. The van der Waals surface area contributed by atoms with Crippen LogP contribution >= 0.6 is 0 Å². The Bertz CT molecular complexity index is 862. The Kier molecular flexibility index (Phi) is 2.81. The van der Waals surface area contributed by atoms with Gasteiger partial charge in [0.25, 0.3) is 0 Å². The summed E-state index contributed by atoms with van der Waals surface area (Å²) >= 11 is 0. The van der Waals surface area contributed by atoms with Gasteiger partial charge in [-0.3, -0.25) is 4.90 Å². The van der Waals surface area contributed by atoms with Crippen LogP contribution in [0.15, 0.2) is 59.3 Å². The fourth-order valence-electron chi connectivity index (χ4n) is 2.86. The molecule has 1 unspecified atom stereocenters. The summed E-state index contributed by atoms with van der Waals surface area (Å²) in [5, 5.41) is 2.03. The van der Waals surface area contributed by atoms with E-state index in [-0.39, 0.29) is 6.04 Å². The van der Waals surface area contributed by atoms with Crippen molar-refractivity contribution in [3.63, 3.8) is 0 Å². The number of likely N-dealkylation sites (N-methyl/N-ethyl adjacent to an activating group) is 1. The van der Waals surface area contributed by atoms with Crippen molar-refractivity contribution in [2.75, 3.05) is 19.8 Å². The van der Waals surface area contributed by atoms with Gasteiger partial charge in [-0.1, -0.05) is 30.3 Å². The molecule has 2 N–H and O–H groups in total. The van der Waals surface area contributed by atoms with Crippen LogP contribution in [0.25, 0.3) is 10.8 Å². The molecule has 0 fully saturated rings. The highest BCUT2D eigenvalue weighted by Crippen LogP contribution is 2.43. The quantitative estimate of drug-likeness (QED) is 0.820. The van der Waals surface area contributed by atoms with Gasteiger partial charge in [-0.2, -0.15) is 0 Å². The van der Waals surface area contributed by atoms with Crippen molar-refractivity contribution in [1.29, 1.82) is 0 Å². The summed E-state index contributed by atoms with van der Waals surface area (Å²) in [4.78, 5) is 6.91. The SMILES string of the molecule is CN(C)C1C=CC2=Nc3c(cc(N)c4ccccc34)OC2=C1. The van der Waals surface area contributed by atoms with E-state index in [1.807, 2.05) is 50.5 Å². The minimum atomic E-state index is 0.216. The average molecular weight is 291 g/mol. The lowest BCUT2D eigenvalue weighted by Gasteiger charge is -2.26. The fourth-order valence-corrected chi connectivity index (χ4v) is 2.86. The molecule has 2 aromatic rings. The second-order valence-corrected chi connectivity index (χ2v) is 5.80. The number of aliphatic imine (C=N–C) groups is 1. The second-order valence-electron chi connectivity index (χ2n) is 5.80. The van der Waals surface area contributed by atoms with E-state index in [1.165, 1.54) is 0 Å². The maximum atomic E-state index is 6.15. The number of nitrogen functional groups attached to an aromatic ring is 1. The van der Waals surface area contributed by atoms with E-state index in [0.29, 0.717) is 5.69 Å². The van der Waals surface area contributed by atoms with E-state index in [2.05, 4.69) is 17.1 Å². The van der Waals surface area contributed by atoms with Crippen molar-refractivity contribution in [2.24, 2.45) is 4.99 Å². The van der Waals surface area contributed by atoms with Gasteiger partial charge in [-0.05, 0) is 26.2 Å². The average Bonchev–Trinajstić information content (AvgIpc) is 2.53. The third-order valence-electron chi connectivity index (χ3n) is 4.09. The number of ether oxygens (including phenoxy) is 1. The molecule has 1 heterocycles. The Hall–Kier alpha value is -2.59. The molecule has 0 aromatic heterocycles. The molecule has 1 aliphatic carbocycles. The summed E-state index contributed by atoms with van der Waals surface area (Å²) in [5.41, 5.74) is 8.58. The lowest BCUT2D eigenvalue weighted by atomic mass is 10.0. The van der Waals surface area contributed by atoms with Crippen LogP contribution in [0, 0.1) is 0 Å². The first-order valence-corrected chi connectivity index (χ1v) is 7.28. The maximum absolute atomic E-state index is 6.15. The monoisotopic (exact) mass is 291 g/mol. The van der Waals surface area contributed by atoms with Crippen LogP contribution in [0.3, 0.4) is 0 Å². The highest BCUT2D eigenvalue weighted by atomic mass is 16.5. The zero-order valence-electron chi connectivity index (χ0n) is 12.6. The molecule has 0 saturated carbocycles. The van der Waals surface area contributed by atoms with Gasteiger partial charge in [0, 0.05) is 28.6 Å². The van der Waals surface area contributed by atoms with Crippen LogP contribution in [-0.2, 0) is 0 Å². The molecule has 22 heavy (non-hydrogen) atoms. The summed E-state index contributed by atoms with van der Waals surface area (Å²) in [6.07, 6.45) is 6.22. The van der Waals surface area contributed by atoms with E-state index in [4.69, 9.17) is 15.5 Å². The molecule has 4 nitrogen and oxygen atoms in total. The Morgan fingerprint density at radius 3 is 2.73 bits per heavy atom. The van der Waals surface area contributed by atoms with E-state index >= 15 is 0 Å². The number of fused-ring (bicyclic) bond motifs is 4. The number of rotatable bonds is 1. The Morgan fingerprint density at radius 1 is 1.18 bits per heavy atom. The first-order valence-electron chi connectivity index (χ1n) is 7.28. The van der Waals surface area contributed by atoms with Crippen LogP contribution in [-0.4, -0.2) is 30.7 Å². The van der Waals surface area contributed by atoms with E-state index in [1.54, 1.807) is 0 Å². The molecule has 0 amide bonds. The topological polar surface area (TPSA) is 50.8 Å². The predicted molar refractivity (Wildman–Crippen MR) is 90.8 cm³/mol. The van der Waals surface area contributed by atoms with Gasteiger partial charge in [0.05, 0.1) is 0 Å². The molecular formula is C18H17N3O. The van der Waals surface area contributed by atoms with Crippen LogP contribution in [0.2, 0.25) is 0 Å². The third kappa shape index (κ3) is 1.92. The lowest BCUT2D eigenvalue weighted by molar-refractivity contribution is 0.375. The van der Waals surface area contributed by atoms with Gasteiger partial charge in [-0.15, -0.1) is 0 Å². The normalized spacial score (nSPS) is 19.3. The molecule has 0 saturated heterocycles. The van der Waals surface area contributed by atoms with Gasteiger partial charge in [0.1, 0.15) is 11.4 Å². The second kappa shape index (κ2) is 4.71. The third-order valence-corrected chi connectivity index (χ3v) is 4.09. The predicted octanol–water partition coefficient (Wildman–Crippen LogP) is 3.27. The molecule has 1 aliphatic heterocycles. The molecule has 2 aromatic carbocycles. The first kappa shape index (κ1) is 13.1. The maximum Gasteiger partial charge on any atom is 0.155 e. The van der Waals surface area contributed by atoms with Crippen molar-refractivity contribution in [3.05, 3.63) is 54.3 Å². The number of anilines is 1. The van der Waals surface area contributed by atoms with Gasteiger partial charge in [0.15, 0.2) is 11.5 Å². The first-order chi connectivity index (χ1) is 10.6. The molecule has 4 heteroatoms. The number of hydrogen-bond acceptors (Lipinski definition) is 4. The van der Waals surface area contributed by atoms with Gasteiger partial charge >= 0.3 is 0 Å². The molecule has 4 rings (SSSR count). The highest BCUT2D eigenvalue weighted by molar-refractivity contribution is 6.14. The van der Waals surface area contributed by atoms with Crippen molar-refractivity contribution >= 4 is 27.9 Å².